The lowest BCUT2D eigenvalue weighted by molar-refractivity contribution is -0.141. The Hall–Kier alpha value is -3.66. The molecule has 1 aliphatic heterocycles. The fraction of sp³-hybridized carbons (Fsp3) is 0.500. The third-order valence-corrected chi connectivity index (χ3v) is 7.48. The Balaban J connectivity index is 1.63. The minimum absolute atomic E-state index is 0.117. The molecule has 0 radical (unpaired) electrons. The SMILES string of the molecule is COC(=O)CCN1CCc2c([nH]c3ccccc23)C1c1c(F)ccc(OCCN(CCCF)C(=O)OC(C)(C)C)c1C. The quantitative estimate of drug-likeness (QED) is 0.274. The molecule has 1 atom stereocenters. The number of ether oxygens (including phenoxy) is 3. The number of hydrogen-bond donors (Lipinski definition) is 1. The van der Waals surface area contributed by atoms with Crippen LogP contribution in [0.2, 0.25) is 0 Å². The first-order valence-corrected chi connectivity index (χ1v) is 14.4. The number of esters is 1. The van der Waals surface area contributed by atoms with E-state index in [1.54, 1.807) is 26.8 Å². The number of para-hydroxylation sites is 1. The van der Waals surface area contributed by atoms with E-state index in [1.165, 1.54) is 18.1 Å². The molecule has 0 spiro atoms. The average molecular weight is 586 g/mol. The van der Waals surface area contributed by atoms with Crippen molar-refractivity contribution in [3.8, 4) is 5.75 Å². The van der Waals surface area contributed by atoms with Crippen molar-refractivity contribution in [1.29, 1.82) is 0 Å². The van der Waals surface area contributed by atoms with E-state index in [9.17, 15) is 14.0 Å². The molecule has 2 aromatic carbocycles. The van der Waals surface area contributed by atoms with E-state index in [2.05, 4.69) is 16.0 Å². The van der Waals surface area contributed by atoms with E-state index in [4.69, 9.17) is 14.2 Å². The second-order valence-electron chi connectivity index (χ2n) is 11.5. The zero-order valence-electron chi connectivity index (χ0n) is 25.1. The van der Waals surface area contributed by atoms with Crippen LogP contribution in [0, 0.1) is 12.7 Å². The number of carbonyl (C=O) groups excluding carboxylic acids is 2. The molecule has 4 rings (SSSR count). The first-order chi connectivity index (χ1) is 20.0. The zero-order valence-corrected chi connectivity index (χ0v) is 25.1. The fourth-order valence-corrected chi connectivity index (χ4v) is 5.50. The molecule has 1 aliphatic rings. The number of alkyl halides is 1. The van der Waals surface area contributed by atoms with Crippen molar-refractivity contribution < 1.29 is 32.6 Å². The van der Waals surface area contributed by atoms with Gasteiger partial charge in [-0.25, -0.2) is 9.18 Å². The van der Waals surface area contributed by atoms with Crippen molar-refractivity contribution in [2.45, 2.75) is 58.6 Å². The molecule has 228 valence electrons. The van der Waals surface area contributed by atoms with E-state index in [-0.39, 0.29) is 44.3 Å². The predicted molar refractivity (Wildman–Crippen MR) is 157 cm³/mol. The van der Waals surface area contributed by atoms with Crippen molar-refractivity contribution in [2.75, 3.05) is 46.6 Å². The Labute approximate surface area is 245 Å². The van der Waals surface area contributed by atoms with Gasteiger partial charge >= 0.3 is 12.1 Å². The maximum atomic E-state index is 15.8. The van der Waals surface area contributed by atoms with Gasteiger partial charge in [-0.15, -0.1) is 0 Å². The smallest absolute Gasteiger partial charge is 0.410 e. The zero-order chi connectivity index (χ0) is 30.4. The number of aromatic amines is 1. The van der Waals surface area contributed by atoms with Crippen LogP contribution in [0.25, 0.3) is 10.9 Å². The van der Waals surface area contributed by atoms with Crippen LogP contribution in [0.1, 0.15) is 62.0 Å². The Morgan fingerprint density at radius 3 is 2.62 bits per heavy atom. The van der Waals surface area contributed by atoms with Crippen LogP contribution in [0.3, 0.4) is 0 Å². The standard InChI is InChI=1S/C32H41F2N3O5/c1-21-26(41-20-19-37(16-8-15-33)31(39)42-32(2,3)4)12-11-24(34)28(21)30-29-23(22-9-6-7-10-25(22)35-29)13-17-36(30)18-14-27(38)40-5/h6-7,9-12,30,35H,8,13-20H2,1-5H3. The molecule has 0 bridgehead atoms. The van der Waals surface area contributed by atoms with Crippen LogP contribution in [-0.4, -0.2) is 79.0 Å². The number of fused-ring (bicyclic) bond motifs is 3. The lowest BCUT2D eigenvalue weighted by atomic mass is 9.89. The van der Waals surface area contributed by atoms with Crippen LogP contribution < -0.4 is 4.74 Å². The molecular formula is C32H41F2N3O5. The minimum atomic E-state index is -0.685. The van der Waals surface area contributed by atoms with Gasteiger partial charge in [0.15, 0.2) is 0 Å². The normalized spacial score (nSPS) is 15.4. The van der Waals surface area contributed by atoms with Crippen LogP contribution in [0.15, 0.2) is 36.4 Å². The Bertz CT molecular complexity index is 1400. The highest BCUT2D eigenvalue weighted by Gasteiger charge is 2.35. The molecule has 0 aliphatic carbocycles. The molecule has 0 saturated heterocycles. The number of rotatable bonds is 11. The number of nitrogens with zero attached hydrogens (tertiary/aromatic N) is 2. The van der Waals surface area contributed by atoms with Gasteiger partial charge in [0.2, 0.25) is 0 Å². The summed E-state index contributed by atoms with van der Waals surface area (Å²) in [4.78, 5) is 31.8. The van der Waals surface area contributed by atoms with E-state index in [0.717, 1.165) is 28.6 Å². The summed E-state index contributed by atoms with van der Waals surface area (Å²) in [6.07, 6.45) is 0.590. The molecule has 0 fully saturated rings. The summed E-state index contributed by atoms with van der Waals surface area (Å²) in [5, 5.41) is 1.10. The molecule has 8 nitrogen and oxygen atoms in total. The van der Waals surface area contributed by atoms with Crippen molar-refractivity contribution in [3.63, 3.8) is 0 Å². The number of carbonyl (C=O) groups is 2. The molecule has 1 amide bonds. The minimum Gasteiger partial charge on any atom is -0.491 e. The lowest BCUT2D eigenvalue weighted by Crippen LogP contribution is -2.40. The van der Waals surface area contributed by atoms with Crippen LogP contribution in [0.5, 0.6) is 5.75 Å². The van der Waals surface area contributed by atoms with Crippen molar-refractivity contribution in [2.24, 2.45) is 0 Å². The lowest BCUT2D eigenvalue weighted by Gasteiger charge is -2.37. The van der Waals surface area contributed by atoms with Gasteiger partial charge in [0.1, 0.15) is 23.8 Å². The highest BCUT2D eigenvalue weighted by molar-refractivity contribution is 5.85. The van der Waals surface area contributed by atoms with Crippen molar-refractivity contribution in [3.05, 3.63) is 64.6 Å². The number of aromatic nitrogens is 1. The van der Waals surface area contributed by atoms with Gasteiger partial charge < -0.3 is 24.1 Å². The second kappa shape index (κ2) is 13.5. The number of benzene rings is 2. The van der Waals surface area contributed by atoms with Crippen LogP contribution in [-0.2, 0) is 20.7 Å². The Kier molecular flexibility index (Phi) is 10.1. The van der Waals surface area contributed by atoms with Gasteiger partial charge in [-0.3, -0.25) is 14.1 Å². The largest absolute Gasteiger partial charge is 0.491 e. The number of methoxy groups -OCH3 is 1. The molecule has 3 aromatic rings. The summed E-state index contributed by atoms with van der Waals surface area (Å²) in [7, 11) is 1.36. The number of H-pyrrole nitrogens is 1. The summed E-state index contributed by atoms with van der Waals surface area (Å²) in [6, 6.07) is 10.5. The summed E-state index contributed by atoms with van der Waals surface area (Å²) in [5.74, 6) is -0.220. The molecule has 1 aromatic heterocycles. The van der Waals surface area contributed by atoms with Gasteiger partial charge in [0.05, 0.1) is 32.8 Å². The van der Waals surface area contributed by atoms with Gasteiger partial charge in [0, 0.05) is 41.8 Å². The van der Waals surface area contributed by atoms with E-state index in [1.807, 2.05) is 25.1 Å². The third kappa shape index (κ3) is 7.21. The van der Waals surface area contributed by atoms with Gasteiger partial charge in [-0.05, 0) is 69.9 Å². The van der Waals surface area contributed by atoms with Gasteiger partial charge in [0.25, 0.3) is 0 Å². The summed E-state index contributed by atoms with van der Waals surface area (Å²) < 4.78 is 45.1. The highest BCUT2D eigenvalue weighted by atomic mass is 19.1. The number of hydrogen-bond acceptors (Lipinski definition) is 6. The highest BCUT2D eigenvalue weighted by Crippen LogP contribution is 2.42. The maximum Gasteiger partial charge on any atom is 0.410 e. The monoisotopic (exact) mass is 585 g/mol. The molecular weight excluding hydrogens is 544 g/mol. The maximum absolute atomic E-state index is 15.8. The average Bonchev–Trinajstić information content (AvgIpc) is 3.33. The molecule has 2 heterocycles. The number of halogens is 2. The molecule has 0 saturated carbocycles. The summed E-state index contributed by atoms with van der Waals surface area (Å²) >= 11 is 0. The molecule has 1 N–H and O–H groups in total. The molecule has 1 unspecified atom stereocenters. The summed E-state index contributed by atoms with van der Waals surface area (Å²) in [5.41, 5.74) is 3.41. The van der Waals surface area contributed by atoms with Gasteiger partial charge in [-0.2, -0.15) is 0 Å². The number of amides is 1. The summed E-state index contributed by atoms with van der Waals surface area (Å²) in [6.45, 7) is 8.12. The number of nitrogens with one attached hydrogen (secondary N) is 1. The van der Waals surface area contributed by atoms with E-state index < -0.39 is 24.4 Å². The van der Waals surface area contributed by atoms with Crippen molar-refractivity contribution >= 4 is 23.0 Å². The molecule has 42 heavy (non-hydrogen) atoms. The first kappa shape index (κ1) is 31.3. The van der Waals surface area contributed by atoms with Crippen LogP contribution >= 0.6 is 0 Å². The van der Waals surface area contributed by atoms with E-state index in [0.29, 0.717) is 30.0 Å². The first-order valence-electron chi connectivity index (χ1n) is 14.4. The second-order valence-corrected chi connectivity index (χ2v) is 11.5. The Morgan fingerprint density at radius 1 is 1.14 bits per heavy atom. The Morgan fingerprint density at radius 2 is 1.90 bits per heavy atom. The predicted octanol–water partition coefficient (Wildman–Crippen LogP) is 6.10. The third-order valence-electron chi connectivity index (χ3n) is 7.48. The molecule has 10 heteroatoms. The topological polar surface area (TPSA) is 84.1 Å². The fourth-order valence-electron chi connectivity index (χ4n) is 5.50. The van der Waals surface area contributed by atoms with Crippen LogP contribution in [0.4, 0.5) is 13.6 Å². The van der Waals surface area contributed by atoms with Crippen molar-refractivity contribution in [1.82, 2.24) is 14.8 Å². The van der Waals surface area contributed by atoms with Gasteiger partial charge in [-0.1, -0.05) is 18.2 Å². The van der Waals surface area contributed by atoms with E-state index >= 15 is 4.39 Å².